The number of aryl methyl sites for hydroxylation is 2. The monoisotopic (exact) mass is 451 g/mol. The lowest BCUT2D eigenvalue weighted by Crippen LogP contribution is -2.37. The molecule has 0 atom stereocenters. The number of para-hydroxylation sites is 1. The molecule has 1 amide bonds. The molecule has 3 aromatic rings. The molecular formula is C22H27ClFN3O2S. The van der Waals surface area contributed by atoms with E-state index in [1.54, 1.807) is 17.0 Å². The van der Waals surface area contributed by atoms with Crippen LogP contribution in [0.3, 0.4) is 0 Å². The Hall–Kier alpha value is -2.22. The molecule has 0 aliphatic rings. The van der Waals surface area contributed by atoms with Crippen molar-refractivity contribution in [1.29, 1.82) is 0 Å². The lowest BCUT2D eigenvalue weighted by molar-refractivity contribution is -0.120. The van der Waals surface area contributed by atoms with Crippen LogP contribution >= 0.6 is 23.7 Å². The highest BCUT2D eigenvalue weighted by molar-refractivity contribution is 7.22. The highest BCUT2D eigenvalue weighted by Gasteiger charge is 2.21. The summed E-state index contributed by atoms with van der Waals surface area (Å²) in [5.41, 5.74) is 3.18. The van der Waals surface area contributed by atoms with Crippen molar-refractivity contribution in [3.63, 3.8) is 0 Å². The third-order valence-corrected chi connectivity index (χ3v) is 5.75. The molecule has 8 heteroatoms. The summed E-state index contributed by atoms with van der Waals surface area (Å²) >= 11 is 1.50. The zero-order chi connectivity index (χ0) is 21.0. The van der Waals surface area contributed by atoms with Crippen molar-refractivity contribution in [3.8, 4) is 5.75 Å². The predicted octanol–water partition coefficient (Wildman–Crippen LogP) is 4.84. The molecule has 5 nitrogen and oxygen atoms in total. The van der Waals surface area contributed by atoms with Crippen LogP contribution < -0.4 is 9.64 Å². The molecule has 0 radical (unpaired) electrons. The maximum Gasteiger partial charge on any atom is 0.266 e. The number of hydrogen-bond acceptors (Lipinski definition) is 5. The Bertz CT molecular complexity index is 1010. The van der Waals surface area contributed by atoms with Crippen LogP contribution in [0.2, 0.25) is 0 Å². The molecule has 1 aromatic heterocycles. The van der Waals surface area contributed by atoms with E-state index in [0.717, 1.165) is 34.3 Å². The average molecular weight is 452 g/mol. The Morgan fingerprint density at radius 2 is 1.90 bits per heavy atom. The van der Waals surface area contributed by atoms with Gasteiger partial charge in [-0.1, -0.05) is 29.5 Å². The van der Waals surface area contributed by atoms with E-state index in [1.807, 2.05) is 27.1 Å². The number of halogens is 2. The Balaban J connectivity index is 0.00000320. The first-order valence-corrected chi connectivity index (χ1v) is 10.4. The molecule has 3 rings (SSSR count). The van der Waals surface area contributed by atoms with Crippen molar-refractivity contribution < 1.29 is 13.9 Å². The number of benzene rings is 2. The van der Waals surface area contributed by atoms with E-state index < -0.39 is 5.82 Å². The molecule has 0 spiro atoms. The molecule has 0 fully saturated rings. The smallest absolute Gasteiger partial charge is 0.266 e. The van der Waals surface area contributed by atoms with Gasteiger partial charge >= 0.3 is 0 Å². The minimum Gasteiger partial charge on any atom is -0.481 e. The van der Waals surface area contributed by atoms with Crippen LogP contribution in [0, 0.1) is 19.7 Å². The molecule has 2 aromatic carbocycles. The number of hydrogen-bond donors (Lipinski definition) is 0. The standard InChI is InChI=1S/C22H26FN3O2S.ClH/c1-15-12-16(2)21-18(13-15)24-22(29-21)26(11-7-10-25(3)4)20(27)14-28-19-9-6-5-8-17(19)23;/h5-6,8-9,12-13H,7,10-11,14H2,1-4H3;1H. The number of anilines is 1. The molecule has 0 saturated carbocycles. The third kappa shape index (κ3) is 5.90. The number of ether oxygens (including phenoxy) is 1. The number of thiazole rings is 1. The van der Waals surface area contributed by atoms with Gasteiger partial charge in [0.05, 0.1) is 10.2 Å². The summed E-state index contributed by atoms with van der Waals surface area (Å²) < 4.78 is 20.3. The summed E-state index contributed by atoms with van der Waals surface area (Å²) in [7, 11) is 3.99. The predicted molar refractivity (Wildman–Crippen MR) is 124 cm³/mol. The number of carbonyl (C=O) groups excluding carboxylic acids is 1. The molecule has 0 bridgehead atoms. The second-order valence-electron chi connectivity index (χ2n) is 7.35. The van der Waals surface area contributed by atoms with Gasteiger partial charge in [0.2, 0.25) is 0 Å². The fraction of sp³-hybridized carbons (Fsp3) is 0.364. The van der Waals surface area contributed by atoms with Gasteiger partial charge in [0.25, 0.3) is 5.91 Å². The first-order chi connectivity index (χ1) is 13.8. The summed E-state index contributed by atoms with van der Waals surface area (Å²) in [5, 5.41) is 0.648. The SMILES string of the molecule is Cc1cc(C)c2sc(N(CCCN(C)C)C(=O)COc3ccccc3F)nc2c1.Cl. The second-order valence-corrected chi connectivity index (χ2v) is 8.33. The van der Waals surface area contributed by atoms with E-state index in [0.29, 0.717) is 11.7 Å². The average Bonchev–Trinajstić information content (AvgIpc) is 3.08. The molecular weight excluding hydrogens is 425 g/mol. The number of carbonyl (C=O) groups is 1. The molecule has 0 unspecified atom stereocenters. The van der Waals surface area contributed by atoms with Crippen molar-refractivity contribution in [2.24, 2.45) is 0 Å². The van der Waals surface area contributed by atoms with Gasteiger partial charge in [-0.3, -0.25) is 9.69 Å². The Kier molecular flexibility index (Phi) is 8.58. The zero-order valence-corrected chi connectivity index (χ0v) is 19.3. The van der Waals surface area contributed by atoms with E-state index in [-0.39, 0.29) is 30.7 Å². The Morgan fingerprint density at radius 1 is 1.17 bits per heavy atom. The largest absolute Gasteiger partial charge is 0.481 e. The Labute approximate surface area is 186 Å². The molecule has 162 valence electrons. The third-order valence-electron chi connectivity index (χ3n) is 4.52. The highest BCUT2D eigenvalue weighted by atomic mass is 35.5. The van der Waals surface area contributed by atoms with E-state index in [9.17, 15) is 9.18 Å². The normalized spacial score (nSPS) is 10.9. The zero-order valence-electron chi connectivity index (χ0n) is 17.6. The molecule has 1 heterocycles. The van der Waals surface area contributed by atoms with Gasteiger partial charge in [-0.15, -0.1) is 12.4 Å². The molecule has 0 saturated heterocycles. The van der Waals surface area contributed by atoms with Gasteiger partial charge in [-0.05, 0) is 70.2 Å². The fourth-order valence-electron chi connectivity index (χ4n) is 3.13. The first kappa shape index (κ1) is 24.1. The topological polar surface area (TPSA) is 45.7 Å². The van der Waals surface area contributed by atoms with Crippen molar-refractivity contribution in [2.75, 3.05) is 38.7 Å². The second kappa shape index (κ2) is 10.7. The highest BCUT2D eigenvalue weighted by Crippen LogP contribution is 2.32. The van der Waals surface area contributed by atoms with E-state index >= 15 is 0 Å². The molecule has 0 N–H and O–H groups in total. The van der Waals surface area contributed by atoms with Gasteiger partial charge in [0.15, 0.2) is 23.3 Å². The number of amides is 1. The van der Waals surface area contributed by atoms with E-state index in [2.05, 4.69) is 17.9 Å². The van der Waals surface area contributed by atoms with Crippen LogP contribution in [0.1, 0.15) is 17.5 Å². The Morgan fingerprint density at radius 3 is 2.60 bits per heavy atom. The first-order valence-electron chi connectivity index (χ1n) is 9.55. The van der Waals surface area contributed by atoms with Gasteiger partial charge in [-0.25, -0.2) is 9.37 Å². The molecule has 0 aliphatic carbocycles. The summed E-state index contributed by atoms with van der Waals surface area (Å²) in [6, 6.07) is 10.2. The summed E-state index contributed by atoms with van der Waals surface area (Å²) in [6.45, 7) is 5.22. The van der Waals surface area contributed by atoms with Crippen molar-refractivity contribution >= 4 is 45.0 Å². The van der Waals surface area contributed by atoms with Gasteiger partial charge in [0, 0.05) is 6.54 Å². The maximum atomic E-state index is 13.8. The van der Waals surface area contributed by atoms with Crippen molar-refractivity contribution in [1.82, 2.24) is 9.88 Å². The summed E-state index contributed by atoms with van der Waals surface area (Å²) in [5.74, 6) is -0.643. The number of aromatic nitrogens is 1. The van der Waals surface area contributed by atoms with Crippen LogP contribution in [0.4, 0.5) is 9.52 Å². The lowest BCUT2D eigenvalue weighted by Gasteiger charge is -2.21. The molecule has 30 heavy (non-hydrogen) atoms. The fourth-order valence-corrected chi connectivity index (χ4v) is 4.19. The summed E-state index contributed by atoms with van der Waals surface area (Å²) in [4.78, 5) is 21.4. The van der Waals surface area contributed by atoms with Crippen molar-refractivity contribution in [3.05, 3.63) is 53.3 Å². The van der Waals surface area contributed by atoms with Crippen LogP contribution in [0.15, 0.2) is 36.4 Å². The van der Waals surface area contributed by atoms with E-state index in [1.165, 1.54) is 23.5 Å². The van der Waals surface area contributed by atoms with Crippen LogP contribution in [0.5, 0.6) is 5.75 Å². The quantitative estimate of drug-likeness (QED) is 0.491. The van der Waals surface area contributed by atoms with E-state index in [4.69, 9.17) is 9.72 Å². The molecule has 0 aliphatic heterocycles. The minimum absolute atomic E-state index is 0. The lowest BCUT2D eigenvalue weighted by atomic mass is 10.1. The number of rotatable bonds is 8. The van der Waals surface area contributed by atoms with Crippen LogP contribution in [-0.4, -0.2) is 49.6 Å². The van der Waals surface area contributed by atoms with Crippen LogP contribution in [0.25, 0.3) is 10.2 Å². The van der Waals surface area contributed by atoms with Gasteiger partial charge < -0.3 is 9.64 Å². The number of nitrogens with zero attached hydrogens (tertiary/aromatic N) is 3. The minimum atomic E-state index is -0.481. The van der Waals surface area contributed by atoms with Gasteiger partial charge in [0.1, 0.15) is 0 Å². The van der Waals surface area contributed by atoms with Crippen LogP contribution in [-0.2, 0) is 4.79 Å². The summed E-state index contributed by atoms with van der Waals surface area (Å²) in [6.07, 6.45) is 0.798. The van der Waals surface area contributed by atoms with Gasteiger partial charge in [-0.2, -0.15) is 0 Å². The van der Waals surface area contributed by atoms with Crippen molar-refractivity contribution in [2.45, 2.75) is 20.3 Å². The number of fused-ring (bicyclic) bond motifs is 1. The maximum absolute atomic E-state index is 13.8.